The largest absolute Gasteiger partial charge is 0.405 e. The molecule has 2 aromatic rings. The Balaban J connectivity index is 2.28. The topological polar surface area (TPSA) is 73.2 Å². The highest BCUT2D eigenvalue weighted by Gasteiger charge is 2.27. The van der Waals surface area contributed by atoms with E-state index >= 15 is 0 Å². The van der Waals surface area contributed by atoms with Crippen LogP contribution in [-0.4, -0.2) is 47.6 Å². The number of carbonyl (C=O) groups is 1. The minimum Gasteiger partial charge on any atom is -0.383 e. The number of methoxy groups -OCH3 is 1. The number of nitrogens with zero attached hydrogens (tertiary/aromatic N) is 2. The summed E-state index contributed by atoms with van der Waals surface area (Å²) in [4.78, 5) is 28.8. The van der Waals surface area contributed by atoms with Gasteiger partial charge in [0, 0.05) is 7.11 Å². The smallest absolute Gasteiger partial charge is 0.383 e. The molecule has 1 amide bonds. The van der Waals surface area contributed by atoms with Crippen molar-refractivity contribution in [1.29, 1.82) is 0 Å². The zero-order valence-electron chi connectivity index (χ0n) is 14.2. The molecule has 1 atom stereocenters. The molecule has 26 heavy (non-hydrogen) atoms. The summed E-state index contributed by atoms with van der Waals surface area (Å²) in [5.74, 6) is -1.08. The van der Waals surface area contributed by atoms with Gasteiger partial charge in [0.15, 0.2) is 5.16 Å². The van der Waals surface area contributed by atoms with Crippen LogP contribution in [0.2, 0.25) is 0 Å². The van der Waals surface area contributed by atoms with Gasteiger partial charge in [-0.2, -0.15) is 13.2 Å². The van der Waals surface area contributed by atoms with Crippen LogP contribution in [0.3, 0.4) is 0 Å². The summed E-state index contributed by atoms with van der Waals surface area (Å²) in [5.41, 5.74) is 0.162. The zero-order valence-corrected chi connectivity index (χ0v) is 15.0. The number of thioether (sulfide) groups is 1. The molecule has 2 rings (SSSR count). The first-order valence-electron chi connectivity index (χ1n) is 7.69. The van der Waals surface area contributed by atoms with Crippen LogP contribution in [0.5, 0.6) is 0 Å². The molecule has 1 N–H and O–H groups in total. The highest BCUT2D eigenvalue weighted by molar-refractivity contribution is 7.99. The van der Waals surface area contributed by atoms with Crippen molar-refractivity contribution in [2.75, 3.05) is 26.0 Å². The van der Waals surface area contributed by atoms with Gasteiger partial charge in [-0.3, -0.25) is 14.2 Å². The molecule has 0 radical (unpaired) electrons. The van der Waals surface area contributed by atoms with Gasteiger partial charge in [0.25, 0.3) is 5.56 Å². The summed E-state index contributed by atoms with van der Waals surface area (Å²) in [5, 5.41) is 2.46. The number of ether oxygens (including phenoxy) is 1. The van der Waals surface area contributed by atoms with Gasteiger partial charge < -0.3 is 10.1 Å². The molecule has 0 aliphatic heterocycles. The molecule has 6 nitrogen and oxygen atoms in total. The number of nitrogens with one attached hydrogen (secondary N) is 1. The van der Waals surface area contributed by atoms with Gasteiger partial charge in [-0.25, -0.2) is 4.98 Å². The second-order valence-electron chi connectivity index (χ2n) is 5.57. The molecule has 0 bridgehead atoms. The molecule has 1 aromatic heterocycles. The highest BCUT2D eigenvalue weighted by Crippen LogP contribution is 2.21. The zero-order chi connectivity index (χ0) is 19.3. The lowest BCUT2D eigenvalue weighted by Gasteiger charge is -2.18. The van der Waals surface area contributed by atoms with E-state index in [1.807, 2.05) is 0 Å². The van der Waals surface area contributed by atoms with Crippen molar-refractivity contribution in [2.45, 2.75) is 24.3 Å². The molecular weight excluding hydrogens is 371 g/mol. The molecule has 142 valence electrons. The van der Waals surface area contributed by atoms with E-state index in [-0.39, 0.29) is 29.1 Å². The fourth-order valence-electron chi connectivity index (χ4n) is 2.31. The second-order valence-corrected chi connectivity index (χ2v) is 6.51. The van der Waals surface area contributed by atoms with E-state index < -0.39 is 18.6 Å². The average Bonchev–Trinajstić information content (AvgIpc) is 2.57. The van der Waals surface area contributed by atoms with Crippen LogP contribution in [0.4, 0.5) is 13.2 Å². The van der Waals surface area contributed by atoms with Gasteiger partial charge in [0.1, 0.15) is 6.54 Å². The maximum absolute atomic E-state index is 12.8. The second kappa shape index (κ2) is 8.54. The summed E-state index contributed by atoms with van der Waals surface area (Å²) in [6.07, 6.45) is -4.48. The Morgan fingerprint density at radius 2 is 2.08 bits per heavy atom. The third-order valence-corrected chi connectivity index (χ3v) is 4.40. The summed E-state index contributed by atoms with van der Waals surface area (Å²) in [7, 11) is 1.49. The van der Waals surface area contributed by atoms with E-state index in [1.54, 1.807) is 36.5 Å². The predicted molar refractivity (Wildman–Crippen MR) is 92.4 cm³/mol. The van der Waals surface area contributed by atoms with Gasteiger partial charge in [-0.1, -0.05) is 23.9 Å². The van der Waals surface area contributed by atoms with E-state index in [2.05, 4.69) is 4.98 Å². The van der Waals surface area contributed by atoms with Crippen LogP contribution < -0.4 is 10.9 Å². The number of alkyl halides is 3. The Bertz CT molecular complexity index is 839. The molecule has 0 fully saturated rings. The number of hydrogen-bond donors (Lipinski definition) is 1. The number of carbonyl (C=O) groups excluding carboxylic acids is 1. The standard InChI is InChI=1S/C16H18F3N3O3S/c1-10(7-25-2)22-14(24)11-5-3-4-6-12(11)21-15(22)26-8-13(23)20-9-16(17,18)19/h3-6,10H,7-9H2,1-2H3,(H,20,23)/t10-/m0/s1. The highest BCUT2D eigenvalue weighted by atomic mass is 32.2. The minimum absolute atomic E-state index is 0.244. The van der Waals surface area contributed by atoms with Gasteiger partial charge in [0.05, 0.1) is 29.3 Å². The number of rotatable bonds is 7. The Morgan fingerprint density at radius 1 is 1.38 bits per heavy atom. The van der Waals surface area contributed by atoms with Crippen LogP contribution in [0.15, 0.2) is 34.2 Å². The fourth-order valence-corrected chi connectivity index (χ4v) is 3.24. The van der Waals surface area contributed by atoms with Crippen molar-refractivity contribution in [3.63, 3.8) is 0 Å². The first kappa shape index (κ1) is 20.2. The van der Waals surface area contributed by atoms with Crippen molar-refractivity contribution in [2.24, 2.45) is 0 Å². The van der Waals surface area contributed by atoms with Crippen LogP contribution in [0.25, 0.3) is 10.9 Å². The van der Waals surface area contributed by atoms with E-state index in [4.69, 9.17) is 4.74 Å². The minimum atomic E-state index is -4.48. The number of amides is 1. The molecule has 0 spiro atoms. The average molecular weight is 389 g/mol. The van der Waals surface area contributed by atoms with Crippen LogP contribution >= 0.6 is 11.8 Å². The third kappa shape index (κ3) is 5.21. The van der Waals surface area contributed by atoms with Gasteiger partial charge >= 0.3 is 6.18 Å². The van der Waals surface area contributed by atoms with Crippen LogP contribution in [0, 0.1) is 0 Å². The van der Waals surface area contributed by atoms with Crippen molar-refractivity contribution < 1.29 is 22.7 Å². The third-order valence-electron chi connectivity index (χ3n) is 3.44. The van der Waals surface area contributed by atoms with Crippen molar-refractivity contribution in [1.82, 2.24) is 14.9 Å². The molecule has 0 aliphatic rings. The fraction of sp³-hybridized carbons (Fsp3) is 0.438. The molecule has 0 unspecified atom stereocenters. The maximum atomic E-state index is 12.8. The Morgan fingerprint density at radius 3 is 2.73 bits per heavy atom. The van der Waals surface area contributed by atoms with Crippen molar-refractivity contribution in [3.05, 3.63) is 34.6 Å². The quantitative estimate of drug-likeness (QED) is 0.581. The van der Waals surface area contributed by atoms with Gasteiger partial charge in [-0.15, -0.1) is 0 Å². The normalized spacial score (nSPS) is 13.0. The number of benzene rings is 1. The molecule has 0 aliphatic carbocycles. The van der Waals surface area contributed by atoms with E-state index in [1.165, 1.54) is 11.7 Å². The van der Waals surface area contributed by atoms with E-state index in [0.29, 0.717) is 10.9 Å². The lowest BCUT2D eigenvalue weighted by atomic mass is 10.2. The molecule has 1 aromatic carbocycles. The first-order chi connectivity index (χ1) is 12.2. The number of fused-ring (bicyclic) bond motifs is 1. The van der Waals surface area contributed by atoms with Crippen LogP contribution in [0.1, 0.15) is 13.0 Å². The van der Waals surface area contributed by atoms with Crippen molar-refractivity contribution in [3.8, 4) is 0 Å². The monoisotopic (exact) mass is 389 g/mol. The molecular formula is C16H18F3N3O3S. The van der Waals surface area contributed by atoms with Crippen molar-refractivity contribution >= 4 is 28.6 Å². The van der Waals surface area contributed by atoms with E-state index in [0.717, 1.165) is 11.8 Å². The molecule has 0 saturated heterocycles. The molecule has 1 heterocycles. The Hall–Kier alpha value is -2.07. The first-order valence-corrected chi connectivity index (χ1v) is 8.68. The molecule has 10 heteroatoms. The van der Waals surface area contributed by atoms with Gasteiger partial charge in [0.2, 0.25) is 5.91 Å². The lowest BCUT2D eigenvalue weighted by molar-refractivity contribution is -0.136. The number of para-hydroxylation sites is 1. The molecule has 0 saturated carbocycles. The summed E-state index contributed by atoms with van der Waals surface area (Å²) in [6.45, 7) is 0.604. The van der Waals surface area contributed by atoms with E-state index in [9.17, 15) is 22.8 Å². The number of aromatic nitrogens is 2. The van der Waals surface area contributed by atoms with Gasteiger partial charge in [-0.05, 0) is 19.1 Å². The number of halogens is 3. The predicted octanol–water partition coefficient (Wildman–Crippen LogP) is 2.37. The number of hydrogen-bond acceptors (Lipinski definition) is 5. The summed E-state index contributed by atoms with van der Waals surface area (Å²) in [6, 6.07) is 6.39. The Kier molecular flexibility index (Phi) is 6.65. The Labute approximate surface area is 151 Å². The maximum Gasteiger partial charge on any atom is 0.405 e. The summed E-state index contributed by atoms with van der Waals surface area (Å²) >= 11 is 0.906. The van der Waals surface area contributed by atoms with Crippen LogP contribution in [-0.2, 0) is 9.53 Å². The summed E-state index contributed by atoms with van der Waals surface area (Å²) < 4.78 is 43.0. The SMILES string of the molecule is COC[C@H](C)n1c(SCC(=O)NCC(F)(F)F)nc2ccccc2c1=O. The lowest BCUT2D eigenvalue weighted by Crippen LogP contribution is -2.35.